The average molecular weight is 783 g/mol. The summed E-state index contributed by atoms with van der Waals surface area (Å²) in [5.74, 6) is 0.283. The van der Waals surface area contributed by atoms with E-state index in [1.165, 1.54) is 0 Å². The third-order valence-electron chi connectivity index (χ3n) is 12.5. The van der Waals surface area contributed by atoms with Crippen molar-refractivity contribution in [1.29, 1.82) is 0 Å². The number of rotatable bonds is 8. The summed E-state index contributed by atoms with van der Waals surface area (Å²) in [5.41, 5.74) is 5.83. The summed E-state index contributed by atoms with van der Waals surface area (Å²) in [4.78, 5) is 0. The maximum Gasteiger partial charge on any atom is 0.115 e. The second-order valence-electron chi connectivity index (χ2n) is 15.9. The van der Waals surface area contributed by atoms with Gasteiger partial charge >= 0.3 is 0 Å². The maximum atomic E-state index is 12.1. The van der Waals surface area contributed by atoms with Gasteiger partial charge in [0.05, 0.1) is 0 Å². The van der Waals surface area contributed by atoms with E-state index in [0.717, 1.165) is 86.9 Å². The molecule has 0 bridgehead atoms. The van der Waals surface area contributed by atoms with Crippen molar-refractivity contribution in [3.8, 4) is 11.5 Å². The van der Waals surface area contributed by atoms with Gasteiger partial charge in [-0.25, -0.2) is 0 Å². The van der Waals surface area contributed by atoms with Crippen LogP contribution in [0.2, 0.25) is 0 Å². The van der Waals surface area contributed by atoms with Crippen molar-refractivity contribution in [3.05, 3.63) is 214 Å². The third kappa shape index (κ3) is 5.58. The molecule has 0 amide bonds. The number of benzene rings is 11. The lowest BCUT2D eigenvalue weighted by molar-refractivity contribution is 0.218. The molecule has 6 N–H and O–H groups in total. The van der Waals surface area contributed by atoms with Crippen LogP contribution in [0.3, 0.4) is 0 Å². The van der Waals surface area contributed by atoms with E-state index >= 15 is 0 Å². The van der Waals surface area contributed by atoms with E-state index in [4.69, 9.17) is 0 Å². The summed E-state index contributed by atoms with van der Waals surface area (Å²) in [6.45, 7) is 0. The molecule has 0 aromatic heterocycles. The Kier molecular flexibility index (Phi) is 8.27. The predicted octanol–water partition coefficient (Wildman–Crippen LogP) is 11.2. The van der Waals surface area contributed by atoms with Crippen LogP contribution in [0, 0.1) is 0 Å². The number of aromatic hydroxyl groups is 2. The van der Waals surface area contributed by atoms with E-state index in [9.17, 15) is 30.6 Å². The highest BCUT2D eigenvalue weighted by Gasteiger charge is 2.25. The largest absolute Gasteiger partial charge is 0.508 e. The number of aliphatic hydroxyl groups excluding tert-OH is 4. The molecule has 6 nitrogen and oxygen atoms in total. The summed E-state index contributed by atoms with van der Waals surface area (Å²) in [7, 11) is 0. The Morgan fingerprint density at radius 1 is 0.267 bits per heavy atom. The van der Waals surface area contributed by atoms with Crippen LogP contribution in [-0.4, -0.2) is 30.6 Å². The van der Waals surface area contributed by atoms with Gasteiger partial charge < -0.3 is 30.6 Å². The first-order valence-electron chi connectivity index (χ1n) is 20.0. The van der Waals surface area contributed by atoms with E-state index in [0.29, 0.717) is 22.3 Å². The molecule has 6 heteroatoms. The molecule has 11 rings (SSSR count). The number of phenols is 2. The van der Waals surface area contributed by atoms with Gasteiger partial charge in [-0.1, -0.05) is 121 Å². The molecule has 4 unspecified atom stereocenters. The van der Waals surface area contributed by atoms with Crippen molar-refractivity contribution in [1.82, 2.24) is 0 Å². The van der Waals surface area contributed by atoms with Gasteiger partial charge in [0.25, 0.3) is 0 Å². The molecule has 0 spiro atoms. The van der Waals surface area contributed by atoms with Gasteiger partial charge in [-0.3, -0.25) is 0 Å². The van der Waals surface area contributed by atoms with Crippen LogP contribution < -0.4 is 0 Å². The van der Waals surface area contributed by atoms with Crippen molar-refractivity contribution in [2.24, 2.45) is 0 Å². The normalized spacial score (nSPS) is 14.2. The van der Waals surface area contributed by atoms with Crippen molar-refractivity contribution >= 4 is 64.6 Å². The third-order valence-corrected chi connectivity index (χ3v) is 12.5. The molecule has 0 heterocycles. The highest BCUT2D eigenvalue weighted by atomic mass is 16.3. The Hall–Kier alpha value is -7.06. The first-order valence-corrected chi connectivity index (χ1v) is 20.0. The zero-order valence-corrected chi connectivity index (χ0v) is 32.2. The van der Waals surface area contributed by atoms with Gasteiger partial charge in [0.2, 0.25) is 0 Å². The van der Waals surface area contributed by atoms with Gasteiger partial charge in [0.1, 0.15) is 35.9 Å². The highest BCUT2D eigenvalue weighted by molar-refractivity contribution is 6.26. The van der Waals surface area contributed by atoms with E-state index < -0.39 is 24.4 Å². The summed E-state index contributed by atoms with van der Waals surface area (Å²) in [6, 6.07) is 53.1. The van der Waals surface area contributed by atoms with Crippen molar-refractivity contribution in [3.63, 3.8) is 0 Å². The number of hydrogen-bond acceptors (Lipinski definition) is 6. The molecule has 0 aliphatic carbocycles. The van der Waals surface area contributed by atoms with Crippen LogP contribution in [-0.2, 0) is 0 Å². The van der Waals surface area contributed by atoms with Gasteiger partial charge in [-0.2, -0.15) is 0 Å². The molecular weight excluding hydrogens is 745 g/mol. The van der Waals surface area contributed by atoms with E-state index in [1.807, 2.05) is 121 Å². The Morgan fingerprint density at radius 3 is 0.717 bits per heavy atom. The number of hydrogen-bond donors (Lipinski definition) is 6. The topological polar surface area (TPSA) is 121 Å². The van der Waals surface area contributed by atoms with Crippen LogP contribution in [0.1, 0.15) is 68.9 Å². The standard InChI is InChI=1S/C54H38O6/c55-37-21-17-31(18-22-37)53(59)45-27-35-7-1-9-39-43(25-33-5-3-11-41(45)49(33)47(35)39)51(57)29-13-15-30(16-14-29)52(58)44-26-34-6-4-12-42-46(54(60)32-19-23-38(56)24-20-32)28-36-8-2-10-40(44)48(36)50(34)42/h1-28,51-60H. The molecule has 0 aliphatic rings. The summed E-state index contributed by atoms with van der Waals surface area (Å²) >= 11 is 0. The Bertz CT molecular complexity index is 3160. The maximum absolute atomic E-state index is 12.1. The molecule has 0 saturated carbocycles. The number of phenolic OH excluding ortho intramolecular Hbond substituents is 2. The fourth-order valence-corrected chi connectivity index (χ4v) is 9.62. The zero-order chi connectivity index (χ0) is 40.8. The highest BCUT2D eigenvalue weighted by Crippen LogP contribution is 2.45. The zero-order valence-electron chi connectivity index (χ0n) is 32.2. The van der Waals surface area contributed by atoms with E-state index in [1.54, 1.807) is 48.5 Å². The molecule has 0 fully saturated rings. The van der Waals surface area contributed by atoms with E-state index in [-0.39, 0.29) is 11.5 Å². The summed E-state index contributed by atoms with van der Waals surface area (Å²) in [5, 5.41) is 78.5. The first kappa shape index (κ1) is 36.1. The second kappa shape index (κ2) is 13.8. The molecule has 4 atom stereocenters. The fourth-order valence-electron chi connectivity index (χ4n) is 9.62. The summed E-state index contributed by atoms with van der Waals surface area (Å²) < 4.78 is 0. The number of aliphatic hydroxyl groups is 4. The van der Waals surface area contributed by atoms with E-state index in [2.05, 4.69) is 0 Å². The quantitative estimate of drug-likeness (QED) is 0.0854. The lowest BCUT2D eigenvalue weighted by atomic mass is 9.84. The monoisotopic (exact) mass is 782 g/mol. The smallest absolute Gasteiger partial charge is 0.115 e. The average Bonchev–Trinajstić information content (AvgIpc) is 3.29. The van der Waals surface area contributed by atoms with Crippen LogP contribution in [0.5, 0.6) is 11.5 Å². The molecule has 0 aliphatic heterocycles. The lowest BCUT2D eigenvalue weighted by Gasteiger charge is -2.23. The lowest BCUT2D eigenvalue weighted by Crippen LogP contribution is -2.06. The Balaban J connectivity index is 0.959. The minimum absolute atomic E-state index is 0.141. The minimum atomic E-state index is -0.953. The van der Waals surface area contributed by atoms with Gasteiger partial charge in [-0.15, -0.1) is 0 Å². The fraction of sp³-hybridized carbons (Fsp3) is 0.0741. The van der Waals surface area contributed by atoms with Crippen LogP contribution in [0.4, 0.5) is 0 Å². The van der Waals surface area contributed by atoms with Gasteiger partial charge in [-0.05, 0) is 158 Å². The molecule has 0 radical (unpaired) electrons. The SMILES string of the molecule is Oc1ccc(C(O)c2cc3cccc4c(C(O)c5ccc(C(O)c6cc7cccc8c(C(O)c9ccc(O)cc9)cc9cccc6c9c78)cc5)cc5cccc2c5c34)cc1. The van der Waals surface area contributed by atoms with Gasteiger partial charge in [0, 0.05) is 0 Å². The molecule has 290 valence electrons. The molecular formula is C54H38O6. The molecule has 11 aromatic rings. The molecule has 0 saturated heterocycles. The Morgan fingerprint density at radius 2 is 0.483 bits per heavy atom. The van der Waals surface area contributed by atoms with Crippen molar-refractivity contribution in [2.75, 3.05) is 0 Å². The summed E-state index contributed by atoms with van der Waals surface area (Å²) in [6.07, 6.45) is -3.70. The van der Waals surface area contributed by atoms with Gasteiger partial charge in [0.15, 0.2) is 0 Å². The Labute approximate surface area is 344 Å². The van der Waals surface area contributed by atoms with Crippen molar-refractivity contribution in [2.45, 2.75) is 24.4 Å². The minimum Gasteiger partial charge on any atom is -0.508 e. The van der Waals surface area contributed by atoms with Crippen LogP contribution >= 0.6 is 0 Å². The predicted molar refractivity (Wildman–Crippen MR) is 239 cm³/mol. The molecule has 11 aromatic carbocycles. The second-order valence-corrected chi connectivity index (χ2v) is 15.9. The van der Waals surface area contributed by atoms with Crippen LogP contribution in [0.25, 0.3) is 64.6 Å². The first-order chi connectivity index (χ1) is 29.2. The van der Waals surface area contributed by atoms with Crippen LogP contribution in [0.15, 0.2) is 170 Å². The van der Waals surface area contributed by atoms with Crippen molar-refractivity contribution < 1.29 is 30.6 Å². The molecule has 60 heavy (non-hydrogen) atoms.